The Morgan fingerprint density at radius 3 is 2.56 bits per heavy atom. The van der Waals surface area contributed by atoms with Crippen LogP contribution in [0.1, 0.15) is 10.4 Å². The fraction of sp³-hybridized carbons (Fsp3) is 0.133. The molecule has 0 atom stereocenters. The first-order valence-electron chi connectivity index (χ1n) is 5.78. The average Bonchev–Trinajstić information content (AvgIpc) is 2.72. The molecule has 3 heteroatoms. The van der Waals surface area contributed by atoms with Crippen molar-refractivity contribution in [2.45, 2.75) is 0 Å². The third-order valence-corrected chi connectivity index (χ3v) is 3.33. The summed E-state index contributed by atoms with van der Waals surface area (Å²) < 4.78 is 6.89. The average molecular weight is 239 g/mol. The van der Waals surface area contributed by atoms with Gasteiger partial charge in [0, 0.05) is 28.9 Å². The van der Waals surface area contributed by atoms with Crippen molar-refractivity contribution in [2.24, 2.45) is 7.05 Å². The van der Waals surface area contributed by atoms with Gasteiger partial charge in [0.05, 0.1) is 12.7 Å². The molecule has 0 aliphatic heterocycles. The maximum Gasteiger partial charge on any atom is 0.337 e. The summed E-state index contributed by atoms with van der Waals surface area (Å²) in [6.45, 7) is 0. The van der Waals surface area contributed by atoms with Crippen molar-refractivity contribution in [3.63, 3.8) is 0 Å². The highest BCUT2D eigenvalue weighted by Gasteiger charge is 2.11. The van der Waals surface area contributed by atoms with Gasteiger partial charge in [-0.15, -0.1) is 0 Å². The fourth-order valence-electron chi connectivity index (χ4n) is 2.41. The van der Waals surface area contributed by atoms with E-state index in [2.05, 4.69) is 16.7 Å². The minimum absolute atomic E-state index is 0.301. The van der Waals surface area contributed by atoms with Crippen molar-refractivity contribution in [1.29, 1.82) is 0 Å². The minimum atomic E-state index is -0.301. The number of hydrogen-bond acceptors (Lipinski definition) is 2. The highest BCUT2D eigenvalue weighted by atomic mass is 16.5. The quantitative estimate of drug-likeness (QED) is 0.611. The lowest BCUT2D eigenvalue weighted by molar-refractivity contribution is 0.0601. The van der Waals surface area contributed by atoms with Gasteiger partial charge in [0.25, 0.3) is 0 Å². The van der Waals surface area contributed by atoms with Gasteiger partial charge in [0.2, 0.25) is 0 Å². The molecule has 0 fully saturated rings. The number of methoxy groups -OCH3 is 1. The van der Waals surface area contributed by atoms with Crippen LogP contribution < -0.4 is 0 Å². The van der Waals surface area contributed by atoms with E-state index in [1.807, 2.05) is 31.3 Å². The van der Waals surface area contributed by atoms with Gasteiger partial charge in [-0.2, -0.15) is 0 Å². The number of carbonyl (C=O) groups is 1. The van der Waals surface area contributed by atoms with Crippen LogP contribution in [0.15, 0.2) is 42.5 Å². The van der Waals surface area contributed by atoms with E-state index >= 15 is 0 Å². The first-order valence-corrected chi connectivity index (χ1v) is 5.78. The van der Waals surface area contributed by atoms with Gasteiger partial charge in [-0.05, 0) is 24.3 Å². The minimum Gasteiger partial charge on any atom is -0.465 e. The number of aromatic nitrogens is 1. The molecule has 0 radical (unpaired) electrons. The summed E-state index contributed by atoms with van der Waals surface area (Å²) in [5.41, 5.74) is 2.86. The third-order valence-electron chi connectivity index (χ3n) is 3.33. The van der Waals surface area contributed by atoms with Crippen LogP contribution >= 0.6 is 0 Å². The number of para-hydroxylation sites is 1. The van der Waals surface area contributed by atoms with E-state index in [9.17, 15) is 4.79 Å². The van der Waals surface area contributed by atoms with E-state index < -0.39 is 0 Å². The lowest BCUT2D eigenvalue weighted by Crippen LogP contribution is -2.00. The molecule has 0 saturated carbocycles. The van der Waals surface area contributed by atoms with Crippen molar-refractivity contribution >= 4 is 27.8 Å². The number of fused-ring (bicyclic) bond motifs is 3. The van der Waals surface area contributed by atoms with Gasteiger partial charge < -0.3 is 9.30 Å². The first-order chi connectivity index (χ1) is 8.72. The molecular formula is C15H13NO2. The van der Waals surface area contributed by atoms with Gasteiger partial charge in [0.1, 0.15) is 0 Å². The molecule has 0 unspecified atom stereocenters. The molecule has 1 aromatic heterocycles. The number of rotatable bonds is 1. The normalized spacial score (nSPS) is 11.0. The molecular weight excluding hydrogens is 226 g/mol. The number of carbonyl (C=O) groups excluding carboxylic acids is 1. The van der Waals surface area contributed by atoms with Crippen molar-refractivity contribution in [1.82, 2.24) is 4.57 Å². The van der Waals surface area contributed by atoms with Crippen LogP contribution in [0.5, 0.6) is 0 Å². The van der Waals surface area contributed by atoms with Crippen LogP contribution in [0.4, 0.5) is 0 Å². The molecule has 0 aliphatic rings. The monoisotopic (exact) mass is 239 g/mol. The summed E-state index contributed by atoms with van der Waals surface area (Å²) in [5, 5.41) is 2.23. The SMILES string of the molecule is COC(=O)c1ccc2c(c1)c1ccccc1n2C. The number of benzene rings is 2. The Balaban J connectivity index is 2.40. The fourth-order valence-corrected chi connectivity index (χ4v) is 2.41. The summed E-state index contributed by atoms with van der Waals surface area (Å²) in [6, 6.07) is 13.8. The molecule has 90 valence electrons. The molecule has 0 N–H and O–H groups in total. The van der Waals surface area contributed by atoms with Crippen molar-refractivity contribution in [2.75, 3.05) is 7.11 Å². The van der Waals surface area contributed by atoms with Crippen LogP contribution in [0.2, 0.25) is 0 Å². The Kier molecular flexibility index (Phi) is 2.33. The summed E-state index contributed by atoms with van der Waals surface area (Å²) in [7, 11) is 3.43. The molecule has 2 aromatic carbocycles. The third kappa shape index (κ3) is 1.40. The van der Waals surface area contributed by atoms with Crippen molar-refractivity contribution in [3.8, 4) is 0 Å². The Hall–Kier alpha value is -2.29. The largest absolute Gasteiger partial charge is 0.465 e. The van der Waals surface area contributed by atoms with E-state index in [4.69, 9.17) is 4.74 Å². The zero-order valence-electron chi connectivity index (χ0n) is 10.3. The molecule has 3 nitrogen and oxygen atoms in total. The molecule has 0 bridgehead atoms. The predicted octanol–water partition coefficient (Wildman–Crippen LogP) is 3.12. The second-order valence-corrected chi connectivity index (χ2v) is 4.30. The molecule has 3 rings (SSSR count). The first kappa shape index (κ1) is 10.8. The lowest BCUT2D eigenvalue weighted by atomic mass is 10.1. The van der Waals surface area contributed by atoms with Gasteiger partial charge in [-0.1, -0.05) is 18.2 Å². The van der Waals surface area contributed by atoms with Crippen LogP contribution in [0.3, 0.4) is 0 Å². The Labute approximate surface area is 105 Å². The van der Waals surface area contributed by atoms with Crippen LogP contribution in [-0.4, -0.2) is 17.6 Å². The smallest absolute Gasteiger partial charge is 0.337 e. The zero-order valence-corrected chi connectivity index (χ0v) is 10.3. The number of esters is 1. The maximum absolute atomic E-state index is 11.6. The molecule has 3 aromatic rings. The second-order valence-electron chi connectivity index (χ2n) is 4.30. The van der Waals surface area contributed by atoms with Gasteiger partial charge >= 0.3 is 5.97 Å². The highest BCUT2D eigenvalue weighted by Crippen LogP contribution is 2.28. The second kappa shape index (κ2) is 3.88. The summed E-state index contributed by atoms with van der Waals surface area (Å²) in [4.78, 5) is 11.6. The predicted molar refractivity (Wildman–Crippen MR) is 71.8 cm³/mol. The molecule has 18 heavy (non-hydrogen) atoms. The Bertz CT molecular complexity index is 756. The number of aryl methyl sites for hydroxylation is 1. The lowest BCUT2D eigenvalue weighted by Gasteiger charge is -2.00. The molecule has 0 saturated heterocycles. The van der Waals surface area contributed by atoms with Gasteiger partial charge in [-0.3, -0.25) is 0 Å². The standard InChI is InChI=1S/C15H13NO2/c1-16-13-6-4-3-5-11(13)12-9-10(15(17)18-2)7-8-14(12)16/h3-9H,1-2H3. The van der Waals surface area contributed by atoms with Crippen LogP contribution in [-0.2, 0) is 11.8 Å². The van der Waals surface area contributed by atoms with E-state index in [-0.39, 0.29) is 5.97 Å². The van der Waals surface area contributed by atoms with Crippen molar-refractivity contribution in [3.05, 3.63) is 48.0 Å². The summed E-state index contributed by atoms with van der Waals surface area (Å²) in [6.07, 6.45) is 0. The van der Waals surface area contributed by atoms with Gasteiger partial charge in [-0.25, -0.2) is 4.79 Å². The van der Waals surface area contributed by atoms with Crippen molar-refractivity contribution < 1.29 is 9.53 Å². The number of nitrogens with zero attached hydrogens (tertiary/aromatic N) is 1. The Morgan fingerprint density at radius 2 is 1.78 bits per heavy atom. The maximum atomic E-state index is 11.6. The number of ether oxygens (including phenoxy) is 1. The van der Waals surface area contributed by atoms with Gasteiger partial charge in [0.15, 0.2) is 0 Å². The molecule has 1 heterocycles. The van der Waals surface area contributed by atoms with E-state index in [0.717, 1.165) is 21.8 Å². The van der Waals surface area contributed by atoms with E-state index in [1.54, 1.807) is 6.07 Å². The van der Waals surface area contributed by atoms with E-state index in [0.29, 0.717) is 5.56 Å². The zero-order chi connectivity index (χ0) is 12.7. The molecule has 0 amide bonds. The van der Waals surface area contributed by atoms with Crippen LogP contribution in [0, 0.1) is 0 Å². The van der Waals surface area contributed by atoms with Crippen LogP contribution in [0.25, 0.3) is 21.8 Å². The van der Waals surface area contributed by atoms with E-state index in [1.165, 1.54) is 7.11 Å². The number of hydrogen-bond donors (Lipinski definition) is 0. The summed E-state index contributed by atoms with van der Waals surface area (Å²) in [5.74, 6) is -0.301. The summed E-state index contributed by atoms with van der Waals surface area (Å²) >= 11 is 0. The molecule has 0 aliphatic carbocycles. The topological polar surface area (TPSA) is 31.2 Å². The highest BCUT2D eigenvalue weighted by molar-refractivity contribution is 6.10. The Morgan fingerprint density at radius 1 is 1.06 bits per heavy atom. The molecule has 0 spiro atoms.